The number of alkyl halides is 3. The van der Waals surface area contributed by atoms with Crippen LogP contribution in [0.2, 0.25) is 0 Å². The molecule has 0 saturated carbocycles. The SMILES string of the molecule is CC(NC(=O)c1ccc(C(F)(F)F)cc1)c1ccccc1. The van der Waals surface area contributed by atoms with Crippen molar-refractivity contribution in [2.75, 3.05) is 0 Å². The fourth-order valence-corrected chi connectivity index (χ4v) is 1.92. The van der Waals surface area contributed by atoms with Crippen molar-refractivity contribution < 1.29 is 18.0 Å². The first-order valence-electron chi connectivity index (χ1n) is 6.41. The van der Waals surface area contributed by atoms with Crippen LogP contribution >= 0.6 is 0 Å². The number of carbonyl (C=O) groups is 1. The van der Waals surface area contributed by atoms with Gasteiger partial charge in [-0.15, -0.1) is 0 Å². The van der Waals surface area contributed by atoms with Crippen LogP contribution < -0.4 is 5.32 Å². The predicted molar refractivity (Wildman–Crippen MR) is 73.8 cm³/mol. The van der Waals surface area contributed by atoms with E-state index in [9.17, 15) is 18.0 Å². The Morgan fingerprint density at radius 1 is 1.00 bits per heavy atom. The Balaban J connectivity index is 2.07. The summed E-state index contributed by atoms with van der Waals surface area (Å²) in [6, 6.07) is 13.3. The van der Waals surface area contributed by atoms with Gasteiger partial charge < -0.3 is 5.32 Å². The number of carbonyl (C=O) groups excluding carboxylic acids is 1. The zero-order valence-electron chi connectivity index (χ0n) is 11.3. The summed E-state index contributed by atoms with van der Waals surface area (Å²) in [7, 11) is 0. The Morgan fingerprint density at radius 2 is 1.57 bits per heavy atom. The normalized spacial score (nSPS) is 12.8. The fourth-order valence-electron chi connectivity index (χ4n) is 1.92. The summed E-state index contributed by atoms with van der Waals surface area (Å²) in [6.45, 7) is 1.82. The highest BCUT2D eigenvalue weighted by Crippen LogP contribution is 2.29. The molecule has 2 rings (SSSR count). The van der Waals surface area contributed by atoms with Gasteiger partial charge in [0.2, 0.25) is 0 Å². The lowest BCUT2D eigenvalue weighted by Gasteiger charge is -2.14. The van der Waals surface area contributed by atoms with Crippen molar-refractivity contribution in [3.8, 4) is 0 Å². The Hall–Kier alpha value is -2.30. The molecule has 0 aliphatic heterocycles. The van der Waals surface area contributed by atoms with E-state index in [4.69, 9.17) is 0 Å². The molecule has 1 atom stereocenters. The Bertz CT molecular complexity index is 606. The van der Waals surface area contributed by atoms with E-state index in [1.165, 1.54) is 12.1 Å². The number of hydrogen-bond acceptors (Lipinski definition) is 1. The summed E-state index contributed by atoms with van der Waals surface area (Å²) in [4.78, 5) is 12.0. The van der Waals surface area contributed by atoms with Crippen LogP contribution in [-0.4, -0.2) is 5.91 Å². The van der Waals surface area contributed by atoms with E-state index in [0.29, 0.717) is 0 Å². The fraction of sp³-hybridized carbons (Fsp3) is 0.188. The lowest BCUT2D eigenvalue weighted by Crippen LogP contribution is -2.26. The molecule has 0 heterocycles. The van der Waals surface area contributed by atoms with E-state index < -0.39 is 17.6 Å². The molecule has 110 valence electrons. The summed E-state index contributed by atoms with van der Waals surface area (Å²) >= 11 is 0. The van der Waals surface area contributed by atoms with Gasteiger partial charge in [0, 0.05) is 5.56 Å². The van der Waals surface area contributed by atoms with Crippen LogP contribution in [0.3, 0.4) is 0 Å². The lowest BCUT2D eigenvalue weighted by molar-refractivity contribution is -0.137. The van der Waals surface area contributed by atoms with Crippen LogP contribution in [0.15, 0.2) is 54.6 Å². The second kappa shape index (κ2) is 5.99. The Morgan fingerprint density at radius 3 is 2.10 bits per heavy atom. The van der Waals surface area contributed by atoms with Crippen LogP contribution in [0.1, 0.15) is 34.5 Å². The van der Waals surface area contributed by atoms with Crippen molar-refractivity contribution >= 4 is 5.91 Å². The Kier molecular flexibility index (Phi) is 4.31. The summed E-state index contributed by atoms with van der Waals surface area (Å²) < 4.78 is 37.4. The van der Waals surface area contributed by atoms with E-state index in [1.807, 2.05) is 37.3 Å². The van der Waals surface area contributed by atoms with Crippen LogP contribution in [0, 0.1) is 0 Å². The summed E-state index contributed by atoms with van der Waals surface area (Å²) in [6.07, 6.45) is -4.40. The monoisotopic (exact) mass is 293 g/mol. The third-order valence-electron chi connectivity index (χ3n) is 3.12. The van der Waals surface area contributed by atoms with Crippen molar-refractivity contribution in [2.45, 2.75) is 19.1 Å². The molecule has 5 heteroatoms. The second-order valence-corrected chi connectivity index (χ2v) is 4.68. The van der Waals surface area contributed by atoms with Crippen molar-refractivity contribution in [1.29, 1.82) is 0 Å². The smallest absolute Gasteiger partial charge is 0.346 e. The maximum Gasteiger partial charge on any atom is 0.416 e. The van der Waals surface area contributed by atoms with E-state index >= 15 is 0 Å². The highest BCUT2D eigenvalue weighted by molar-refractivity contribution is 5.94. The van der Waals surface area contributed by atoms with Gasteiger partial charge in [0.15, 0.2) is 0 Å². The number of amides is 1. The number of halogens is 3. The summed E-state index contributed by atoms with van der Waals surface area (Å²) in [5.41, 5.74) is 0.360. The van der Waals surface area contributed by atoms with Crippen LogP contribution in [-0.2, 0) is 6.18 Å². The minimum absolute atomic E-state index is 0.200. The van der Waals surface area contributed by atoms with Crippen LogP contribution in [0.5, 0.6) is 0 Å². The molecule has 0 spiro atoms. The van der Waals surface area contributed by atoms with E-state index in [2.05, 4.69) is 5.32 Å². The highest BCUT2D eigenvalue weighted by Gasteiger charge is 2.30. The van der Waals surface area contributed by atoms with Gasteiger partial charge >= 0.3 is 6.18 Å². The maximum atomic E-state index is 12.5. The molecular formula is C16H14F3NO. The standard InChI is InChI=1S/C16H14F3NO/c1-11(12-5-3-2-4-6-12)20-15(21)13-7-9-14(10-8-13)16(17,18)19/h2-11H,1H3,(H,20,21). The highest BCUT2D eigenvalue weighted by atomic mass is 19.4. The molecule has 0 radical (unpaired) electrons. The molecule has 2 aromatic rings. The predicted octanol–water partition coefficient (Wildman–Crippen LogP) is 4.20. The molecule has 1 unspecified atom stereocenters. The molecular weight excluding hydrogens is 279 g/mol. The van der Waals surface area contributed by atoms with Gasteiger partial charge in [-0.25, -0.2) is 0 Å². The van der Waals surface area contributed by atoms with E-state index in [0.717, 1.165) is 17.7 Å². The first kappa shape index (κ1) is 15.1. The molecule has 0 aliphatic rings. The quantitative estimate of drug-likeness (QED) is 0.903. The summed E-state index contributed by atoms with van der Waals surface area (Å²) in [5, 5.41) is 2.75. The van der Waals surface area contributed by atoms with Crippen molar-refractivity contribution in [1.82, 2.24) is 5.32 Å². The number of hydrogen-bond donors (Lipinski definition) is 1. The summed E-state index contributed by atoms with van der Waals surface area (Å²) in [5.74, 6) is -0.403. The molecule has 0 saturated heterocycles. The Labute approximate surface area is 120 Å². The minimum Gasteiger partial charge on any atom is -0.346 e. The molecule has 0 bridgehead atoms. The molecule has 2 nitrogen and oxygen atoms in total. The van der Waals surface area contributed by atoms with Crippen LogP contribution in [0.25, 0.3) is 0 Å². The van der Waals surface area contributed by atoms with Crippen molar-refractivity contribution in [2.24, 2.45) is 0 Å². The van der Waals surface area contributed by atoms with Gasteiger partial charge in [0.25, 0.3) is 5.91 Å². The average molecular weight is 293 g/mol. The van der Waals surface area contributed by atoms with Crippen molar-refractivity contribution in [3.63, 3.8) is 0 Å². The average Bonchev–Trinajstić information content (AvgIpc) is 2.47. The third-order valence-corrected chi connectivity index (χ3v) is 3.12. The zero-order chi connectivity index (χ0) is 15.5. The number of nitrogens with one attached hydrogen (secondary N) is 1. The van der Waals surface area contributed by atoms with E-state index in [-0.39, 0.29) is 11.6 Å². The number of benzene rings is 2. The molecule has 0 aromatic heterocycles. The lowest BCUT2D eigenvalue weighted by atomic mass is 10.1. The molecule has 0 fully saturated rings. The molecule has 1 amide bonds. The van der Waals surface area contributed by atoms with Gasteiger partial charge in [-0.2, -0.15) is 13.2 Å². The first-order chi connectivity index (χ1) is 9.88. The minimum atomic E-state index is -4.40. The number of rotatable bonds is 3. The third kappa shape index (κ3) is 3.84. The van der Waals surface area contributed by atoms with Crippen LogP contribution in [0.4, 0.5) is 13.2 Å². The van der Waals surface area contributed by atoms with Gasteiger partial charge in [-0.3, -0.25) is 4.79 Å². The van der Waals surface area contributed by atoms with E-state index in [1.54, 1.807) is 0 Å². The van der Waals surface area contributed by atoms with Gasteiger partial charge in [0.1, 0.15) is 0 Å². The largest absolute Gasteiger partial charge is 0.416 e. The molecule has 2 aromatic carbocycles. The second-order valence-electron chi connectivity index (χ2n) is 4.68. The molecule has 0 aliphatic carbocycles. The van der Waals surface area contributed by atoms with Gasteiger partial charge in [0.05, 0.1) is 11.6 Å². The van der Waals surface area contributed by atoms with Gasteiger partial charge in [-0.05, 0) is 36.8 Å². The molecule has 1 N–H and O–H groups in total. The topological polar surface area (TPSA) is 29.1 Å². The zero-order valence-corrected chi connectivity index (χ0v) is 11.3. The van der Waals surface area contributed by atoms with Crippen molar-refractivity contribution in [3.05, 3.63) is 71.3 Å². The first-order valence-corrected chi connectivity index (χ1v) is 6.41. The van der Waals surface area contributed by atoms with Gasteiger partial charge in [-0.1, -0.05) is 30.3 Å². The maximum absolute atomic E-state index is 12.5. The molecule has 21 heavy (non-hydrogen) atoms.